The van der Waals surface area contributed by atoms with Gasteiger partial charge in [-0.05, 0) is 6.92 Å². The van der Waals surface area contributed by atoms with Gasteiger partial charge in [0.25, 0.3) is 0 Å². The van der Waals surface area contributed by atoms with E-state index in [0.717, 1.165) is 6.20 Å². The van der Waals surface area contributed by atoms with Crippen LogP contribution < -0.4 is 0 Å². The minimum Gasteiger partial charge on any atom is -0.506 e. The number of rotatable bonds is 3. The number of ether oxygens (including phenoxy) is 1. The van der Waals surface area contributed by atoms with Crippen LogP contribution in [0, 0.1) is 6.92 Å². The molecule has 2 unspecified atom stereocenters. The van der Waals surface area contributed by atoms with Crippen LogP contribution in [0.25, 0.3) is 0 Å². The Kier molecular flexibility index (Phi) is 3.36. The third kappa shape index (κ3) is 2.35. The Morgan fingerprint density at radius 3 is 2.84 bits per heavy atom. The summed E-state index contributed by atoms with van der Waals surface area (Å²) >= 11 is 0. The third-order valence-corrected chi connectivity index (χ3v) is 3.60. The van der Waals surface area contributed by atoms with Crippen molar-refractivity contribution in [3.05, 3.63) is 23.0 Å². The SMILES string of the molecule is Cc1ncc2c(c1O)COC2(O)OP(=O)(O)C(F)F. The first-order valence-electron chi connectivity index (χ1n) is 5.03. The lowest BCUT2D eigenvalue weighted by Crippen LogP contribution is -2.28. The fraction of sp³-hybridized carbons (Fsp3) is 0.444. The number of aromatic nitrogens is 1. The maximum Gasteiger partial charge on any atom is 0.398 e. The van der Waals surface area contributed by atoms with E-state index < -0.39 is 19.7 Å². The van der Waals surface area contributed by atoms with Crippen molar-refractivity contribution in [3.8, 4) is 5.75 Å². The van der Waals surface area contributed by atoms with E-state index >= 15 is 0 Å². The Morgan fingerprint density at radius 1 is 1.63 bits per heavy atom. The number of halogens is 2. The lowest BCUT2D eigenvalue weighted by molar-refractivity contribution is -0.328. The molecular formula is C9H10F2NO6P. The van der Waals surface area contributed by atoms with E-state index in [2.05, 4.69) is 9.51 Å². The number of hydrogen-bond acceptors (Lipinski definition) is 6. The van der Waals surface area contributed by atoms with Crippen molar-refractivity contribution < 1.29 is 37.7 Å². The first-order chi connectivity index (χ1) is 8.67. The first kappa shape index (κ1) is 14.3. The Hall–Kier alpha value is -1.12. The molecule has 2 rings (SSSR count). The highest BCUT2D eigenvalue weighted by Crippen LogP contribution is 2.56. The molecule has 2 heterocycles. The molecule has 0 aliphatic carbocycles. The molecule has 0 saturated carbocycles. The largest absolute Gasteiger partial charge is 0.506 e. The van der Waals surface area contributed by atoms with Crippen LogP contribution in [0.3, 0.4) is 0 Å². The molecule has 0 saturated heterocycles. The molecule has 19 heavy (non-hydrogen) atoms. The van der Waals surface area contributed by atoms with Crippen molar-refractivity contribution in [3.63, 3.8) is 0 Å². The van der Waals surface area contributed by atoms with Gasteiger partial charge in [0.1, 0.15) is 5.75 Å². The summed E-state index contributed by atoms with van der Waals surface area (Å²) in [7, 11) is -5.38. The average molecular weight is 297 g/mol. The summed E-state index contributed by atoms with van der Waals surface area (Å²) in [5, 5.41) is 19.6. The molecule has 0 spiro atoms. The van der Waals surface area contributed by atoms with Gasteiger partial charge in [-0.2, -0.15) is 8.78 Å². The molecule has 0 aromatic carbocycles. The van der Waals surface area contributed by atoms with Gasteiger partial charge in [0, 0.05) is 11.8 Å². The van der Waals surface area contributed by atoms with Gasteiger partial charge in [-0.15, -0.1) is 0 Å². The smallest absolute Gasteiger partial charge is 0.398 e. The van der Waals surface area contributed by atoms with E-state index in [1.807, 2.05) is 0 Å². The van der Waals surface area contributed by atoms with Gasteiger partial charge < -0.3 is 19.8 Å². The van der Waals surface area contributed by atoms with Crippen LogP contribution in [0.5, 0.6) is 5.75 Å². The predicted molar refractivity (Wildman–Crippen MR) is 56.2 cm³/mol. The molecule has 0 radical (unpaired) electrons. The number of aryl methyl sites for hydroxylation is 1. The minimum atomic E-state index is -5.38. The lowest BCUT2D eigenvalue weighted by Gasteiger charge is -2.24. The molecule has 1 aromatic rings. The molecule has 7 nitrogen and oxygen atoms in total. The van der Waals surface area contributed by atoms with Crippen LogP contribution in [0.4, 0.5) is 8.78 Å². The summed E-state index contributed by atoms with van der Waals surface area (Å²) < 4.78 is 44.5. The molecule has 0 bridgehead atoms. The molecule has 3 N–H and O–H groups in total. The Morgan fingerprint density at radius 2 is 2.26 bits per heavy atom. The maximum absolute atomic E-state index is 12.3. The van der Waals surface area contributed by atoms with Gasteiger partial charge in [-0.3, -0.25) is 9.55 Å². The van der Waals surface area contributed by atoms with Crippen molar-refractivity contribution >= 4 is 7.60 Å². The standard InChI is InChI=1S/C9H10F2NO6P/c1-4-7(13)5-3-17-9(14,6(5)2-12-4)18-19(15,16)8(10)11/h2,8,13-14H,3H2,1H3,(H,15,16). The van der Waals surface area contributed by atoms with Gasteiger partial charge in [0.2, 0.25) is 0 Å². The van der Waals surface area contributed by atoms with Crippen LogP contribution in [-0.4, -0.2) is 26.3 Å². The minimum absolute atomic E-state index is 0.0595. The second-order valence-corrected chi connectivity index (χ2v) is 5.59. The number of aliphatic hydroxyl groups is 1. The van der Waals surface area contributed by atoms with Crippen LogP contribution in [0.15, 0.2) is 6.20 Å². The monoisotopic (exact) mass is 297 g/mol. The highest BCUT2D eigenvalue weighted by molar-refractivity contribution is 7.53. The Balaban J connectivity index is 2.41. The van der Waals surface area contributed by atoms with Crippen molar-refractivity contribution in [1.29, 1.82) is 0 Å². The number of aromatic hydroxyl groups is 1. The molecule has 2 atom stereocenters. The predicted octanol–water partition coefficient (Wildman–Crippen LogP) is 1.15. The zero-order valence-corrected chi connectivity index (χ0v) is 10.5. The molecule has 1 aliphatic heterocycles. The third-order valence-electron chi connectivity index (χ3n) is 2.59. The van der Waals surface area contributed by atoms with Crippen LogP contribution in [0.1, 0.15) is 16.8 Å². The number of nitrogens with zero attached hydrogens (tertiary/aromatic N) is 1. The van der Waals surface area contributed by atoms with Gasteiger partial charge in [0.05, 0.1) is 17.9 Å². The average Bonchev–Trinajstić information content (AvgIpc) is 2.61. The fourth-order valence-electron chi connectivity index (χ4n) is 1.61. The van der Waals surface area contributed by atoms with E-state index in [0.29, 0.717) is 0 Å². The highest BCUT2D eigenvalue weighted by atomic mass is 31.2. The van der Waals surface area contributed by atoms with E-state index in [9.17, 15) is 23.6 Å². The molecule has 1 aromatic heterocycles. The van der Waals surface area contributed by atoms with Crippen molar-refractivity contribution in [2.75, 3.05) is 0 Å². The van der Waals surface area contributed by atoms with E-state index in [4.69, 9.17) is 9.63 Å². The zero-order chi connectivity index (χ0) is 14.4. The molecule has 10 heteroatoms. The molecule has 0 fully saturated rings. The maximum atomic E-state index is 12.3. The van der Waals surface area contributed by atoms with Gasteiger partial charge in [0.15, 0.2) is 0 Å². The van der Waals surface area contributed by atoms with Crippen molar-refractivity contribution in [2.45, 2.75) is 25.7 Å². The van der Waals surface area contributed by atoms with Gasteiger partial charge in [-0.25, -0.2) is 4.52 Å². The lowest BCUT2D eigenvalue weighted by atomic mass is 10.1. The van der Waals surface area contributed by atoms with Crippen LogP contribution in [-0.2, 0) is 26.4 Å². The molecule has 1 aliphatic rings. The van der Waals surface area contributed by atoms with Crippen molar-refractivity contribution in [1.82, 2.24) is 4.98 Å². The number of fused-ring (bicyclic) bond motifs is 1. The summed E-state index contributed by atoms with van der Waals surface area (Å²) in [5.74, 6) is -3.14. The van der Waals surface area contributed by atoms with Crippen molar-refractivity contribution in [2.24, 2.45) is 0 Å². The summed E-state index contributed by atoms with van der Waals surface area (Å²) in [5.41, 5.74) is 0.00225. The number of alkyl halides is 2. The highest BCUT2D eigenvalue weighted by Gasteiger charge is 2.50. The topological polar surface area (TPSA) is 109 Å². The van der Waals surface area contributed by atoms with E-state index in [-0.39, 0.29) is 29.2 Å². The van der Waals surface area contributed by atoms with E-state index in [1.54, 1.807) is 0 Å². The fourth-order valence-corrected chi connectivity index (χ4v) is 2.19. The summed E-state index contributed by atoms with van der Waals surface area (Å²) in [6, 6.07) is 0. The number of hydrogen-bond donors (Lipinski definition) is 3. The molecular weight excluding hydrogens is 287 g/mol. The molecule has 106 valence electrons. The summed E-state index contributed by atoms with van der Waals surface area (Å²) in [6.07, 6.45) is -2.68. The Labute approximate surface area is 106 Å². The van der Waals surface area contributed by atoms with Crippen LogP contribution >= 0.6 is 7.60 Å². The van der Waals surface area contributed by atoms with E-state index in [1.165, 1.54) is 6.92 Å². The Bertz CT molecular complexity index is 568. The normalized spacial score (nSPS) is 25.4. The van der Waals surface area contributed by atoms with Gasteiger partial charge in [-0.1, -0.05) is 0 Å². The van der Waals surface area contributed by atoms with Crippen LogP contribution in [0.2, 0.25) is 0 Å². The second kappa shape index (κ2) is 4.46. The summed E-state index contributed by atoms with van der Waals surface area (Å²) in [4.78, 5) is 12.6. The second-order valence-electron chi connectivity index (χ2n) is 3.89. The summed E-state index contributed by atoms with van der Waals surface area (Å²) in [6.45, 7) is 1.11. The first-order valence-corrected chi connectivity index (χ1v) is 6.67. The number of pyridine rings is 1. The zero-order valence-electron chi connectivity index (χ0n) is 9.58. The molecule has 0 amide bonds. The quantitative estimate of drug-likeness (QED) is 0.567. The van der Waals surface area contributed by atoms with Gasteiger partial charge >= 0.3 is 19.7 Å².